The van der Waals surface area contributed by atoms with Crippen molar-refractivity contribution in [2.75, 3.05) is 0 Å². The number of nitrogens with two attached hydrogens (primary N) is 1. The summed E-state index contributed by atoms with van der Waals surface area (Å²) in [6.07, 6.45) is 1.24. The van der Waals surface area contributed by atoms with E-state index >= 15 is 0 Å². The van der Waals surface area contributed by atoms with Gasteiger partial charge in [0.2, 0.25) is 5.89 Å². The molecule has 3 N–H and O–H groups in total. The number of aromatic carboxylic acids is 1. The van der Waals surface area contributed by atoms with Gasteiger partial charge in [0.15, 0.2) is 12.0 Å². The minimum atomic E-state index is -1.17. The summed E-state index contributed by atoms with van der Waals surface area (Å²) in [6.45, 7) is 0.162. The SMILES string of the molecule is NCc1c(C(=O)O)nnn1Cc1ncno1. The number of nitrogens with zero attached hydrogens (tertiary/aromatic N) is 5. The van der Waals surface area contributed by atoms with E-state index < -0.39 is 5.97 Å². The van der Waals surface area contributed by atoms with Gasteiger partial charge in [-0.25, -0.2) is 9.48 Å². The second-order valence-corrected chi connectivity index (χ2v) is 2.89. The standard InChI is InChI=1S/C7H8N6O3/c8-1-4-6(7(14)15)11-12-13(4)2-5-9-3-10-16-5/h3H,1-2,8H2,(H,14,15). The second-order valence-electron chi connectivity index (χ2n) is 2.89. The first-order valence-corrected chi connectivity index (χ1v) is 4.33. The van der Waals surface area contributed by atoms with E-state index in [0.717, 1.165) is 0 Å². The molecular weight excluding hydrogens is 216 g/mol. The Balaban J connectivity index is 2.31. The number of carboxylic acid groups (broad SMARTS) is 1. The zero-order chi connectivity index (χ0) is 11.5. The van der Waals surface area contributed by atoms with Crippen LogP contribution in [0.3, 0.4) is 0 Å². The van der Waals surface area contributed by atoms with Crippen molar-refractivity contribution in [3.05, 3.63) is 23.6 Å². The zero-order valence-electron chi connectivity index (χ0n) is 8.07. The fourth-order valence-electron chi connectivity index (χ4n) is 1.22. The minimum absolute atomic E-state index is 0.0166. The van der Waals surface area contributed by atoms with Crippen molar-refractivity contribution in [2.24, 2.45) is 5.73 Å². The summed E-state index contributed by atoms with van der Waals surface area (Å²) in [5, 5.41) is 19.4. The first kappa shape index (κ1) is 10.2. The fraction of sp³-hybridized carbons (Fsp3) is 0.286. The molecule has 2 aromatic heterocycles. The van der Waals surface area contributed by atoms with E-state index in [4.69, 9.17) is 15.4 Å². The summed E-state index contributed by atoms with van der Waals surface area (Å²) in [5.74, 6) is -0.867. The van der Waals surface area contributed by atoms with E-state index in [1.807, 2.05) is 0 Å². The lowest BCUT2D eigenvalue weighted by Gasteiger charge is -2.00. The molecule has 2 heterocycles. The Morgan fingerprint density at radius 3 is 3.00 bits per heavy atom. The van der Waals surface area contributed by atoms with Crippen LogP contribution in [0.1, 0.15) is 22.1 Å². The molecule has 0 spiro atoms. The summed E-state index contributed by atoms with van der Waals surface area (Å²) in [5.41, 5.74) is 5.58. The molecular formula is C7H8N6O3. The lowest BCUT2D eigenvalue weighted by Crippen LogP contribution is -2.13. The van der Waals surface area contributed by atoms with E-state index in [9.17, 15) is 4.79 Å². The Kier molecular flexibility index (Phi) is 2.60. The molecule has 0 amide bonds. The average Bonchev–Trinajstić information content (AvgIpc) is 2.87. The van der Waals surface area contributed by atoms with E-state index in [0.29, 0.717) is 11.6 Å². The summed E-state index contributed by atoms with van der Waals surface area (Å²) in [4.78, 5) is 14.6. The maximum Gasteiger partial charge on any atom is 0.358 e. The van der Waals surface area contributed by atoms with E-state index in [2.05, 4.69) is 20.5 Å². The van der Waals surface area contributed by atoms with Crippen LogP contribution < -0.4 is 5.73 Å². The van der Waals surface area contributed by atoms with Gasteiger partial charge in [-0.15, -0.1) is 5.10 Å². The summed E-state index contributed by atoms with van der Waals surface area (Å²) >= 11 is 0. The second kappa shape index (κ2) is 4.06. The van der Waals surface area contributed by atoms with Crippen LogP contribution in [0, 0.1) is 0 Å². The molecule has 0 aliphatic rings. The van der Waals surface area contributed by atoms with Gasteiger partial charge in [0.1, 0.15) is 6.54 Å². The van der Waals surface area contributed by atoms with Gasteiger partial charge >= 0.3 is 5.97 Å². The molecule has 0 atom stereocenters. The van der Waals surface area contributed by atoms with Crippen LogP contribution >= 0.6 is 0 Å². The summed E-state index contributed by atoms with van der Waals surface area (Å²) in [6, 6.07) is 0. The highest BCUT2D eigenvalue weighted by atomic mass is 16.5. The number of aromatic nitrogens is 5. The molecule has 0 fully saturated rings. The van der Waals surface area contributed by atoms with Crippen molar-refractivity contribution < 1.29 is 14.4 Å². The van der Waals surface area contributed by atoms with Crippen LogP contribution in [0.2, 0.25) is 0 Å². The lowest BCUT2D eigenvalue weighted by molar-refractivity contribution is 0.0689. The van der Waals surface area contributed by atoms with Gasteiger partial charge in [-0.2, -0.15) is 4.98 Å². The van der Waals surface area contributed by atoms with Gasteiger partial charge in [0.25, 0.3) is 0 Å². The van der Waals surface area contributed by atoms with Crippen molar-refractivity contribution in [3.8, 4) is 0 Å². The topological polar surface area (TPSA) is 133 Å². The highest BCUT2D eigenvalue weighted by Gasteiger charge is 2.18. The third-order valence-electron chi connectivity index (χ3n) is 1.93. The molecule has 0 aromatic carbocycles. The zero-order valence-corrected chi connectivity index (χ0v) is 8.07. The highest BCUT2D eigenvalue weighted by molar-refractivity contribution is 5.86. The number of carboxylic acids is 1. The third kappa shape index (κ3) is 1.75. The van der Waals surface area contributed by atoms with Gasteiger partial charge in [-0.05, 0) is 0 Å². The van der Waals surface area contributed by atoms with Crippen LogP contribution in [-0.2, 0) is 13.1 Å². The van der Waals surface area contributed by atoms with Crippen molar-refractivity contribution in [1.29, 1.82) is 0 Å². The van der Waals surface area contributed by atoms with Crippen molar-refractivity contribution in [1.82, 2.24) is 25.1 Å². The predicted octanol–water partition coefficient (Wildman–Crippen LogP) is -1.13. The van der Waals surface area contributed by atoms with Gasteiger partial charge in [-0.1, -0.05) is 10.4 Å². The third-order valence-corrected chi connectivity index (χ3v) is 1.93. The highest BCUT2D eigenvalue weighted by Crippen LogP contribution is 2.06. The summed E-state index contributed by atoms with van der Waals surface area (Å²) < 4.78 is 6.09. The lowest BCUT2D eigenvalue weighted by atomic mass is 10.3. The number of carbonyl (C=O) groups is 1. The maximum absolute atomic E-state index is 10.8. The quantitative estimate of drug-likeness (QED) is 0.666. The predicted molar refractivity (Wildman–Crippen MR) is 48.3 cm³/mol. The largest absolute Gasteiger partial charge is 0.476 e. The van der Waals surface area contributed by atoms with E-state index in [1.54, 1.807) is 0 Å². The van der Waals surface area contributed by atoms with Gasteiger partial charge < -0.3 is 15.4 Å². The molecule has 0 saturated heterocycles. The van der Waals surface area contributed by atoms with Crippen molar-refractivity contribution >= 4 is 5.97 Å². The van der Waals surface area contributed by atoms with Crippen molar-refractivity contribution in [2.45, 2.75) is 13.1 Å². The van der Waals surface area contributed by atoms with Crippen LogP contribution in [0.4, 0.5) is 0 Å². The van der Waals surface area contributed by atoms with E-state index in [-0.39, 0.29) is 18.8 Å². The molecule has 0 unspecified atom stereocenters. The molecule has 16 heavy (non-hydrogen) atoms. The molecule has 84 valence electrons. The number of hydrogen-bond acceptors (Lipinski definition) is 7. The molecule has 0 radical (unpaired) electrons. The number of rotatable bonds is 4. The average molecular weight is 224 g/mol. The Bertz CT molecular complexity index is 490. The Morgan fingerprint density at radius 1 is 1.62 bits per heavy atom. The summed E-state index contributed by atoms with van der Waals surface area (Å²) in [7, 11) is 0. The van der Waals surface area contributed by atoms with Gasteiger partial charge in [0, 0.05) is 6.54 Å². The van der Waals surface area contributed by atoms with Crippen LogP contribution in [0.5, 0.6) is 0 Å². The molecule has 9 nitrogen and oxygen atoms in total. The smallest absolute Gasteiger partial charge is 0.358 e. The molecule has 2 rings (SSSR count). The minimum Gasteiger partial charge on any atom is -0.476 e. The molecule has 0 aliphatic carbocycles. The molecule has 2 aromatic rings. The van der Waals surface area contributed by atoms with Crippen LogP contribution in [-0.4, -0.2) is 36.2 Å². The molecule has 0 aliphatic heterocycles. The molecule has 9 heteroatoms. The maximum atomic E-state index is 10.8. The Hall–Kier alpha value is -2.29. The van der Waals surface area contributed by atoms with Crippen LogP contribution in [0.25, 0.3) is 0 Å². The fourth-order valence-corrected chi connectivity index (χ4v) is 1.22. The normalized spacial score (nSPS) is 10.6. The van der Waals surface area contributed by atoms with E-state index in [1.165, 1.54) is 11.0 Å². The van der Waals surface area contributed by atoms with Crippen LogP contribution in [0.15, 0.2) is 10.9 Å². The Morgan fingerprint density at radius 2 is 2.44 bits per heavy atom. The first-order valence-electron chi connectivity index (χ1n) is 4.33. The van der Waals surface area contributed by atoms with Gasteiger partial charge in [-0.3, -0.25) is 0 Å². The first-order chi connectivity index (χ1) is 7.72. The Labute approximate surface area is 88.9 Å². The monoisotopic (exact) mass is 224 g/mol. The molecule has 0 bridgehead atoms. The van der Waals surface area contributed by atoms with Crippen molar-refractivity contribution in [3.63, 3.8) is 0 Å². The van der Waals surface area contributed by atoms with Gasteiger partial charge in [0.05, 0.1) is 5.69 Å². The molecule has 0 saturated carbocycles. The number of hydrogen-bond donors (Lipinski definition) is 2.